The number of carbonyl (C=O) groups is 1. The molecule has 0 fully saturated rings. The van der Waals surface area contributed by atoms with Crippen molar-refractivity contribution in [3.63, 3.8) is 0 Å². The molecular formula is C13H18O5. The SMILES string of the molecule is CCOC(=O)C(OC)(OC)c1ccc(OC)cc1. The minimum absolute atomic E-state index is 0.253. The summed E-state index contributed by atoms with van der Waals surface area (Å²) >= 11 is 0. The zero-order valence-corrected chi connectivity index (χ0v) is 11.1. The molecule has 1 aromatic rings. The van der Waals surface area contributed by atoms with Gasteiger partial charge in [-0.05, 0) is 31.2 Å². The molecule has 0 saturated heterocycles. The first-order chi connectivity index (χ1) is 8.64. The maximum Gasteiger partial charge on any atom is 0.372 e. The molecule has 0 spiro atoms. The molecule has 0 heterocycles. The maximum atomic E-state index is 12.0. The second kappa shape index (κ2) is 6.37. The van der Waals surface area contributed by atoms with Crippen LogP contribution in [0.4, 0.5) is 0 Å². The van der Waals surface area contributed by atoms with E-state index in [1.807, 2.05) is 0 Å². The summed E-state index contributed by atoms with van der Waals surface area (Å²) in [5, 5.41) is 0. The Bertz CT molecular complexity index is 381. The van der Waals surface area contributed by atoms with Crippen LogP contribution in [0, 0.1) is 0 Å². The second-order valence-corrected chi connectivity index (χ2v) is 3.47. The molecule has 5 heteroatoms. The van der Waals surface area contributed by atoms with Crippen LogP contribution in [-0.4, -0.2) is 33.9 Å². The van der Waals surface area contributed by atoms with Crippen LogP contribution in [-0.2, 0) is 24.8 Å². The molecule has 0 aliphatic rings. The third kappa shape index (κ3) is 2.63. The lowest BCUT2D eigenvalue weighted by atomic mass is 10.1. The first-order valence-electron chi connectivity index (χ1n) is 5.56. The fourth-order valence-electron chi connectivity index (χ4n) is 1.64. The zero-order chi connectivity index (χ0) is 13.6. The van der Waals surface area contributed by atoms with Crippen LogP contribution < -0.4 is 4.74 Å². The average molecular weight is 254 g/mol. The van der Waals surface area contributed by atoms with Gasteiger partial charge in [0.2, 0.25) is 0 Å². The van der Waals surface area contributed by atoms with Gasteiger partial charge in [0.15, 0.2) is 0 Å². The lowest BCUT2D eigenvalue weighted by molar-refractivity contribution is -0.235. The molecule has 0 aliphatic carbocycles. The standard InChI is InChI=1S/C13H18O5/c1-5-18-12(14)13(16-3,17-4)10-6-8-11(15-2)9-7-10/h6-9H,5H2,1-4H3. The summed E-state index contributed by atoms with van der Waals surface area (Å²) < 4.78 is 20.5. The fourth-order valence-corrected chi connectivity index (χ4v) is 1.64. The van der Waals surface area contributed by atoms with E-state index in [1.165, 1.54) is 14.2 Å². The van der Waals surface area contributed by atoms with Gasteiger partial charge in [0.25, 0.3) is 5.79 Å². The molecule has 0 aromatic heterocycles. The Morgan fingerprint density at radius 3 is 2.06 bits per heavy atom. The van der Waals surface area contributed by atoms with E-state index in [9.17, 15) is 4.79 Å². The molecule has 18 heavy (non-hydrogen) atoms. The van der Waals surface area contributed by atoms with Crippen LogP contribution in [0.3, 0.4) is 0 Å². The van der Waals surface area contributed by atoms with E-state index in [0.717, 1.165) is 0 Å². The van der Waals surface area contributed by atoms with E-state index in [4.69, 9.17) is 18.9 Å². The molecule has 0 amide bonds. The van der Waals surface area contributed by atoms with Gasteiger partial charge in [-0.1, -0.05) is 0 Å². The Morgan fingerprint density at radius 2 is 1.67 bits per heavy atom. The van der Waals surface area contributed by atoms with E-state index in [2.05, 4.69) is 0 Å². The molecular weight excluding hydrogens is 236 g/mol. The quantitative estimate of drug-likeness (QED) is 0.571. The van der Waals surface area contributed by atoms with Crippen molar-refractivity contribution < 1.29 is 23.7 Å². The summed E-state index contributed by atoms with van der Waals surface area (Å²) in [6.07, 6.45) is 0. The zero-order valence-electron chi connectivity index (χ0n) is 11.1. The maximum absolute atomic E-state index is 12.0. The number of rotatable bonds is 6. The minimum Gasteiger partial charge on any atom is -0.497 e. The number of hydrogen-bond donors (Lipinski definition) is 0. The van der Waals surface area contributed by atoms with Gasteiger partial charge in [0.1, 0.15) is 5.75 Å². The van der Waals surface area contributed by atoms with Crippen LogP contribution in [0.5, 0.6) is 5.75 Å². The van der Waals surface area contributed by atoms with E-state index in [-0.39, 0.29) is 6.61 Å². The number of carbonyl (C=O) groups excluding carboxylic acids is 1. The Hall–Kier alpha value is -1.59. The van der Waals surface area contributed by atoms with Gasteiger partial charge in [0, 0.05) is 19.8 Å². The molecule has 0 saturated carbocycles. The lowest BCUT2D eigenvalue weighted by Crippen LogP contribution is -2.41. The molecule has 0 bridgehead atoms. The van der Waals surface area contributed by atoms with E-state index >= 15 is 0 Å². The average Bonchev–Trinajstić information content (AvgIpc) is 2.42. The summed E-state index contributed by atoms with van der Waals surface area (Å²) in [7, 11) is 4.36. The summed E-state index contributed by atoms with van der Waals surface area (Å²) in [6.45, 7) is 1.98. The van der Waals surface area contributed by atoms with Crippen molar-refractivity contribution in [2.45, 2.75) is 12.7 Å². The Morgan fingerprint density at radius 1 is 1.11 bits per heavy atom. The van der Waals surface area contributed by atoms with Gasteiger partial charge in [0.05, 0.1) is 13.7 Å². The summed E-state index contributed by atoms with van der Waals surface area (Å²) in [5.41, 5.74) is 0.548. The van der Waals surface area contributed by atoms with Crippen molar-refractivity contribution in [3.8, 4) is 5.75 Å². The molecule has 1 rings (SSSR count). The molecule has 100 valence electrons. The van der Waals surface area contributed by atoms with Crippen LogP contribution >= 0.6 is 0 Å². The third-order valence-electron chi connectivity index (χ3n) is 2.59. The number of esters is 1. The number of benzene rings is 1. The first kappa shape index (κ1) is 14.5. The van der Waals surface area contributed by atoms with Crippen LogP contribution in [0.15, 0.2) is 24.3 Å². The third-order valence-corrected chi connectivity index (χ3v) is 2.59. The normalized spacial score (nSPS) is 11.1. The molecule has 5 nitrogen and oxygen atoms in total. The molecule has 1 aromatic carbocycles. The summed E-state index contributed by atoms with van der Waals surface area (Å²) in [4.78, 5) is 12.0. The highest BCUT2D eigenvalue weighted by molar-refractivity contribution is 5.79. The van der Waals surface area contributed by atoms with Gasteiger partial charge in [-0.3, -0.25) is 0 Å². The van der Waals surface area contributed by atoms with E-state index in [1.54, 1.807) is 38.3 Å². The fraction of sp³-hybridized carbons (Fsp3) is 0.462. The Kier molecular flexibility index (Phi) is 5.12. The van der Waals surface area contributed by atoms with Crippen molar-refractivity contribution >= 4 is 5.97 Å². The second-order valence-electron chi connectivity index (χ2n) is 3.47. The minimum atomic E-state index is -1.54. The monoisotopic (exact) mass is 254 g/mol. The van der Waals surface area contributed by atoms with Gasteiger partial charge in [-0.25, -0.2) is 4.79 Å². The molecule has 0 atom stereocenters. The van der Waals surface area contributed by atoms with Crippen LogP contribution in [0.25, 0.3) is 0 Å². The van der Waals surface area contributed by atoms with Crippen molar-refractivity contribution in [2.24, 2.45) is 0 Å². The van der Waals surface area contributed by atoms with E-state index in [0.29, 0.717) is 11.3 Å². The summed E-state index contributed by atoms with van der Waals surface area (Å²) in [5.74, 6) is -1.44. The van der Waals surface area contributed by atoms with Gasteiger partial charge >= 0.3 is 5.97 Å². The van der Waals surface area contributed by atoms with Gasteiger partial charge in [-0.15, -0.1) is 0 Å². The number of methoxy groups -OCH3 is 3. The molecule has 0 aliphatic heterocycles. The van der Waals surface area contributed by atoms with Gasteiger partial charge in [-0.2, -0.15) is 0 Å². The van der Waals surface area contributed by atoms with Crippen molar-refractivity contribution in [2.75, 3.05) is 27.9 Å². The molecule has 0 radical (unpaired) electrons. The van der Waals surface area contributed by atoms with Gasteiger partial charge < -0.3 is 18.9 Å². The predicted octanol–water partition coefficient (Wildman–Crippen LogP) is 1.70. The number of ether oxygens (including phenoxy) is 4. The largest absolute Gasteiger partial charge is 0.497 e. The predicted molar refractivity (Wildman–Crippen MR) is 65.3 cm³/mol. The van der Waals surface area contributed by atoms with E-state index < -0.39 is 11.8 Å². The first-order valence-corrected chi connectivity index (χ1v) is 5.56. The van der Waals surface area contributed by atoms with Crippen LogP contribution in [0.1, 0.15) is 12.5 Å². The highest BCUT2D eigenvalue weighted by Gasteiger charge is 2.42. The number of hydrogen-bond acceptors (Lipinski definition) is 5. The summed E-state index contributed by atoms with van der Waals surface area (Å²) in [6, 6.07) is 6.84. The van der Waals surface area contributed by atoms with Crippen molar-refractivity contribution in [1.82, 2.24) is 0 Å². The Balaban J connectivity index is 3.13. The Labute approximate surface area is 107 Å². The molecule has 0 N–H and O–H groups in total. The van der Waals surface area contributed by atoms with Crippen molar-refractivity contribution in [3.05, 3.63) is 29.8 Å². The highest BCUT2D eigenvalue weighted by atomic mass is 16.7. The van der Waals surface area contributed by atoms with Crippen molar-refractivity contribution in [1.29, 1.82) is 0 Å². The smallest absolute Gasteiger partial charge is 0.372 e. The highest BCUT2D eigenvalue weighted by Crippen LogP contribution is 2.29. The lowest BCUT2D eigenvalue weighted by Gasteiger charge is -2.28. The topological polar surface area (TPSA) is 54.0 Å². The van der Waals surface area contributed by atoms with Crippen LogP contribution in [0.2, 0.25) is 0 Å². The molecule has 0 unspecified atom stereocenters.